The van der Waals surface area contributed by atoms with Crippen LogP contribution in [-0.4, -0.2) is 35.3 Å². The van der Waals surface area contributed by atoms with Gasteiger partial charge < -0.3 is 9.80 Å². The van der Waals surface area contributed by atoms with Crippen LogP contribution in [0.3, 0.4) is 0 Å². The largest absolute Gasteiger partial charge is 0.371 e. The molecule has 1 saturated heterocycles. The number of aryl methyl sites for hydroxylation is 1. The van der Waals surface area contributed by atoms with Gasteiger partial charge in [-0.2, -0.15) is 0 Å². The van der Waals surface area contributed by atoms with Crippen LogP contribution in [0.2, 0.25) is 0 Å². The molecule has 3 heteroatoms. The second-order valence-corrected chi connectivity index (χ2v) is 9.74. The number of rotatable bonds is 9. The molecule has 2 heterocycles. The number of hydrogen-bond donors (Lipinski definition) is 0. The summed E-state index contributed by atoms with van der Waals surface area (Å²) in [6.45, 7) is 23.7. The zero-order chi connectivity index (χ0) is 26.8. The fourth-order valence-electron chi connectivity index (χ4n) is 3.83. The van der Waals surface area contributed by atoms with E-state index in [4.69, 9.17) is 11.6 Å². The molecule has 2 aliphatic rings. The van der Waals surface area contributed by atoms with Crippen LogP contribution in [0.15, 0.2) is 97.5 Å². The monoisotopic (exact) mass is 508 g/mol. The maximum atomic E-state index is 5.64. The van der Waals surface area contributed by atoms with Crippen molar-refractivity contribution in [3.05, 3.63) is 109 Å². The van der Waals surface area contributed by atoms with E-state index < -0.39 is 0 Å². The van der Waals surface area contributed by atoms with Crippen molar-refractivity contribution in [3.63, 3.8) is 0 Å². The number of hydrogen-bond acceptors (Lipinski definition) is 2. The lowest BCUT2D eigenvalue weighted by atomic mass is 9.98. The predicted molar refractivity (Wildman–Crippen MR) is 162 cm³/mol. The van der Waals surface area contributed by atoms with E-state index in [9.17, 15) is 0 Å². The highest BCUT2D eigenvalue weighted by Crippen LogP contribution is 2.25. The Kier molecular flexibility index (Phi) is 16.5. The molecular weight excluding hydrogens is 460 g/mol. The Labute approximate surface area is 227 Å². The van der Waals surface area contributed by atoms with Crippen molar-refractivity contribution < 1.29 is 0 Å². The first-order chi connectivity index (χ1) is 17.4. The van der Waals surface area contributed by atoms with Gasteiger partial charge in [0.2, 0.25) is 0 Å². The minimum atomic E-state index is 0.577. The van der Waals surface area contributed by atoms with E-state index in [1.807, 2.05) is 12.2 Å². The van der Waals surface area contributed by atoms with Crippen LogP contribution in [0, 0.1) is 6.92 Å². The lowest BCUT2D eigenvalue weighted by Gasteiger charge is -2.33. The minimum absolute atomic E-state index is 0.577. The van der Waals surface area contributed by atoms with Crippen LogP contribution in [0.4, 0.5) is 0 Å². The normalized spacial score (nSPS) is 15.9. The van der Waals surface area contributed by atoms with Crippen LogP contribution < -0.4 is 0 Å². The van der Waals surface area contributed by atoms with E-state index in [2.05, 4.69) is 106 Å². The fraction of sp³-hybridized carbons (Fsp3) is 0.455. The zero-order valence-corrected chi connectivity index (χ0v) is 24.1. The van der Waals surface area contributed by atoms with Crippen molar-refractivity contribution in [1.82, 2.24) is 9.80 Å². The molecule has 1 unspecified atom stereocenters. The molecule has 0 bridgehead atoms. The van der Waals surface area contributed by atoms with Gasteiger partial charge in [0.1, 0.15) is 0 Å². The Morgan fingerprint density at radius 1 is 1.06 bits per heavy atom. The molecule has 0 aromatic heterocycles. The second-order valence-electron chi connectivity index (χ2n) is 9.43. The van der Waals surface area contributed by atoms with Crippen LogP contribution in [0.5, 0.6) is 0 Å². The van der Waals surface area contributed by atoms with Gasteiger partial charge in [0.05, 0.1) is 0 Å². The molecule has 2 nitrogen and oxygen atoms in total. The molecule has 2 aliphatic heterocycles. The van der Waals surface area contributed by atoms with Gasteiger partial charge in [0.15, 0.2) is 0 Å². The number of likely N-dealkylation sites (tertiary alicyclic amines) is 1. The van der Waals surface area contributed by atoms with Gasteiger partial charge in [-0.05, 0) is 69.1 Å². The average Bonchev–Trinajstić information content (AvgIpc) is 2.92. The van der Waals surface area contributed by atoms with Crippen molar-refractivity contribution in [3.8, 4) is 0 Å². The topological polar surface area (TPSA) is 6.48 Å². The Hall–Kier alpha value is -2.45. The van der Waals surface area contributed by atoms with Crippen molar-refractivity contribution >= 4 is 11.6 Å². The highest BCUT2D eigenvalue weighted by atomic mass is 35.5. The molecule has 3 rings (SSSR count). The summed E-state index contributed by atoms with van der Waals surface area (Å²) in [6.07, 6.45) is 19.5. The first-order valence-corrected chi connectivity index (χ1v) is 14.1. The number of benzene rings is 1. The van der Waals surface area contributed by atoms with E-state index in [0.29, 0.717) is 11.8 Å². The van der Waals surface area contributed by atoms with Crippen LogP contribution in [0.25, 0.3) is 0 Å². The van der Waals surface area contributed by atoms with Gasteiger partial charge in [-0.3, -0.25) is 0 Å². The Balaban J connectivity index is 0.000000360. The summed E-state index contributed by atoms with van der Waals surface area (Å²) in [6, 6.07) is 8.82. The highest BCUT2D eigenvalue weighted by Gasteiger charge is 2.17. The fourth-order valence-corrected chi connectivity index (χ4v) is 3.95. The van der Waals surface area contributed by atoms with E-state index in [0.717, 1.165) is 43.9 Å². The number of alkyl halides is 1. The van der Waals surface area contributed by atoms with Crippen molar-refractivity contribution in [1.29, 1.82) is 0 Å². The standard InChI is InChI=1S/C18H25ClN2.C11H16.C4H8/c1-16-9-10-18(15-21(16)14-6-3-5-11-19)17(2)20-12-7-4-8-13-20;1-4-10(3)11-7-5-9(2)6-8-11;1-3-4-2/h3,5,9-10,15H,1-2,4,6-8,11-14H2;5-8,10H,4H2,1-3H3;3H,1,4H2,2H3/b5-3-;;. The Morgan fingerprint density at radius 2 is 1.69 bits per heavy atom. The zero-order valence-electron chi connectivity index (χ0n) is 23.3. The van der Waals surface area contributed by atoms with Crippen LogP contribution in [0.1, 0.15) is 76.3 Å². The van der Waals surface area contributed by atoms with Gasteiger partial charge in [0, 0.05) is 48.7 Å². The number of nitrogens with zero attached hydrogens (tertiary/aromatic N) is 2. The van der Waals surface area contributed by atoms with Crippen LogP contribution >= 0.6 is 11.6 Å². The number of halogens is 1. The smallest absolute Gasteiger partial charge is 0.0404 e. The van der Waals surface area contributed by atoms with Gasteiger partial charge in [-0.15, -0.1) is 18.2 Å². The summed E-state index contributed by atoms with van der Waals surface area (Å²) in [7, 11) is 0. The van der Waals surface area contributed by atoms with E-state index in [1.54, 1.807) is 0 Å². The van der Waals surface area contributed by atoms with E-state index >= 15 is 0 Å². The molecule has 36 heavy (non-hydrogen) atoms. The van der Waals surface area contributed by atoms with Gasteiger partial charge in [-0.25, -0.2) is 0 Å². The average molecular weight is 509 g/mol. The summed E-state index contributed by atoms with van der Waals surface area (Å²) in [4.78, 5) is 4.60. The molecule has 0 amide bonds. The molecule has 0 N–H and O–H groups in total. The molecule has 0 aliphatic carbocycles. The molecule has 1 fully saturated rings. The highest BCUT2D eigenvalue weighted by molar-refractivity contribution is 6.18. The molecule has 198 valence electrons. The summed E-state index contributed by atoms with van der Waals surface area (Å²) in [5.74, 6) is 1.28. The van der Waals surface area contributed by atoms with Crippen molar-refractivity contribution in [2.24, 2.45) is 0 Å². The molecule has 0 spiro atoms. The quantitative estimate of drug-likeness (QED) is 0.242. The van der Waals surface area contributed by atoms with Gasteiger partial charge in [-0.1, -0.05) is 82.0 Å². The van der Waals surface area contributed by atoms with Gasteiger partial charge >= 0.3 is 0 Å². The molecule has 0 saturated carbocycles. The van der Waals surface area contributed by atoms with E-state index in [-0.39, 0.29) is 0 Å². The lowest BCUT2D eigenvalue weighted by molar-refractivity contribution is 0.291. The summed E-state index contributed by atoms with van der Waals surface area (Å²) >= 11 is 5.64. The second kappa shape index (κ2) is 18.8. The lowest BCUT2D eigenvalue weighted by Crippen LogP contribution is -2.30. The van der Waals surface area contributed by atoms with Crippen molar-refractivity contribution in [2.75, 3.05) is 25.5 Å². The third-order valence-corrected chi connectivity index (χ3v) is 6.71. The summed E-state index contributed by atoms with van der Waals surface area (Å²) < 4.78 is 0. The predicted octanol–water partition coefficient (Wildman–Crippen LogP) is 9.53. The Bertz CT molecular complexity index is 869. The van der Waals surface area contributed by atoms with Crippen molar-refractivity contribution in [2.45, 2.75) is 72.1 Å². The third-order valence-electron chi connectivity index (χ3n) is 6.53. The first-order valence-electron chi connectivity index (χ1n) is 13.6. The summed E-state index contributed by atoms with van der Waals surface area (Å²) in [5.41, 5.74) is 6.17. The number of piperidine rings is 1. The Morgan fingerprint density at radius 3 is 2.25 bits per heavy atom. The number of allylic oxidation sites excluding steroid dienone is 4. The minimum Gasteiger partial charge on any atom is -0.371 e. The molecule has 1 aromatic rings. The molecule has 1 aromatic carbocycles. The maximum Gasteiger partial charge on any atom is 0.0404 e. The molecular formula is C33H49ClN2. The first kappa shape index (κ1) is 31.6. The molecule has 0 radical (unpaired) electrons. The third kappa shape index (κ3) is 12.0. The SMILES string of the molecule is C=C1C=CC(C(=C)N2CCCCC2)=CN1CC/C=C\CCl.C=CCC.CCC(C)c1ccc(C)cc1. The van der Waals surface area contributed by atoms with Crippen LogP contribution in [-0.2, 0) is 0 Å². The maximum absolute atomic E-state index is 5.64. The summed E-state index contributed by atoms with van der Waals surface area (Å²) in [5, 5.41) is 0. The molecule has 1 atom stereocenters. The van der Waals surface area contributed by atoms with E-state index in [1.165, 1.54) is 42.4 Å². The van der Waals surface area contributed by atoms with Gasteiger partial charge in [0.25, 0.3) is 0 Å².